The number of nitrogens with two attached hydrogens (primary N) is 2. The summed E-state index contributed by atoms with van der Waals surface area (Å²) in [6.07, 6.45) is 0. The molecule has 6 nitrogen and oxygen atoms in total. The molecular weight excluding hydrogens is 138 g/mol. The van der Waals surface area contributed by atoms with Gasteiger partial charge in [0.15, 0.2) is 12.0 Å². The highest BCUT2D eigenvalue weighted by Gasteiger charge is 2.13. The molecule has 6 heteroatoms. The maximum absolute atomic E-state index is 10.1. The molecule has 0 aromatic heterocycles. The van der Waals surface area contributed by atoms with Gasteiger partial charge in [0, 0.05) is 0 Å². The van der Waals surface area contributed by atoms with Gasteiger partial charge in [-0.1, -0.05) is 0 Å². The summed E-state index contributed by atoms with van der Waals surface area (Å²) in [7, 11) is 0. The van der Waals surface area contributed by atoms with E-state index in [2.05, 4.69) is 4.99 Å². The first kappa shape index (κ1) is 8.70. The van der Waals surface area contributed by atoms with Crippen molar-refractivity contribution in [3.05, 3.63) is 0 Å². The summed E-state index contributed by atoms with van der Waals surface area (Å²) in [6, 6.07) is -1.25. The third-order valence-corrected chi connectivity index (χ3v) is 0.763. The maximum Gasteiger partial charge on any atom is 0.330 e. The van der Waals surface area contributed by atoms with E-state index in [0.717, 1.165) is 0 Å². The van der Waals surface area contributed by atoms with Crippen molar-refractivity contribution < 1.29 is 15.0 Å². The molecule has 0 aromatic carbocycles. The average molecular weight is 147 g/mol. The monoisotopic (exact) mass is 147 g/mol. The largest absolute Gasteiger partial charge is 0.480 e. The van der Waals surface area contributed by atoms with E-state index in [1.165, 1.54) is 0 Å². The summed E-state index contributed by atoms with van der Waals surface area (Å²) in [6.45, 7) is -0.604. The summed E-state index contributed by atoms with van der Waals surface area (Å²) >= 11 is 0. The molecule has 0 aliphatic heterocycles. The first-order valence-corrected chi connectivity index (χ1v) is 2.50. The van der Waals surface area contributed by atoms with Crippen molar-refractivity contribution in [1.82, 2.24) is 0 Å². The summed E-state index contributed by atoms with van der Waals surface area (Å²) in [5.74, 6) is -1.60. The third kappa shape index (κ3) is 2.88. The van der Waals surface area contributed by atoms with Gasteiger partial charge in [-0.2, -0.15) is 0 Å². The third-order valence-electron chi connectivity index (χ3n) is 0.763. The zero-order valence-electron chi connectivity index (χ0n) is 5.19. The van der Waals surface area contributed by atoms with Crippen LogP contribution in [0, 0.1) is 0 Å². The molecule has 1 unspecified atom stereocenters. The van der Waals surface area contributed by atoms with Crippen LogP contribution in [0.3, 0.4) is 0 Å². The molecule has 0 fully saturated rings. The van der Waals surface area contributed by atoms with Crippen LogP contribution in [0.1, 0.15) is 0 Å². The summed E-state index contributed by atoms with van der Waals surface area (Å²) in [4.78, 5) is 13.3. The topological polar surface area (TPSA) is 122 Å². The van der Waals surface area contributed by atoms with Crippen LogP contribution in [0.4, 0.5) is 0 Å². The molecular formula is C4H9N3O3. The van der Waals surface area contributed by atoms with Crippen LogP contribution in [0.2, 0.25) is 0 Å². The molecule has 6 N–H and O–H groups in total. The number of carboxylic acids is 1. The highest BCUT2D eigenvalue weighted by atomic mass is 16.4. The molecule has 0 aromatic rings. The van der Waals surface area contributed by atoms with Gasteiger partial charge in [-0.3, -0.25) is 0 Å². The van der Waals surface area contributed by atoms with Crippen LogP contribution in [-0.4, -0.2) is 34.8 Å². The van der Waals surface area contributed by atoms with Gasteiger partial charge in [0.1, 0.15) is 0 Å². The smallest absolute Gasteiger partial charge is 0.330 e. The highest BCUT2D eigenvalue weighted by Crippen LogP contribution is 1.87. The fourth-order valence-electron chi connectivity index (χ4n) is 0.354. The first-order valence-electron chi connectivity index (χ1n) is 2.50. The highest BCUT2D eigenvalue weighted by molar-refractivity contribution is 5.81. The number of nitrogens with zero attached hydrogens (tertiary/aromatic N) is 1. The van der Waals surface area contributed by atoms with E-state index in [-0.39, 0.29) is 5.96 Å². The Hall–Kier alpha value is -1.30. The summed E-state index contributed by atoms with van der Waals surface area (Å²) in [5.41, 5.74) is 9.72. The van der Waals surface area contributed by atoms with Crippen molar-refractivity contribution in [2.45, 2.75) is 6.04 Å². The van der Waals surface area contributed by atoms with Crippen molar-refractivity contribution >= 4 is 11.9 Å². The zero-order chi connectivity index (χ0) is 8.15. The standard InChI is InChI=1S/C4H9N3O3/c5-4(6)7-2(1-8)3(9)10/h2,8H,1H2,(H,9,10)(H4,5,6,7). The molecule has 0 radical (unpaired) electrons. The van der Waals surface area contributed by atoms with E-state index in [1.54, 1.807) is 0 Å². The van der Waals surface area contributed by atoms with E-state index in [9.17, 15) is 4.79 Å². The summed E-state index contributed by atoms with van der Waals surface area (Å²) in [5, 5.41) is 16.6. The number of carboxylic acid groups (broad SMARTS) is 1. The fourth-order valence-corrected chi connectivity index (χ4v) is 0.354. The number of guanidine groups is 1. The van der Waals surface area contributed by atoms with Crippen LogP contribution < -0.4 is 11.5 Å². The number of hydrogen-bond acceptors (Lipinski definition) is 3. The van der Waals surface area contributed by atoms with Gasteiger partial charge in [-0.15, -0.1) is 0 Å². The fraction of sp³-hybridized carbons (Fsp3) is 0.500. The van der Waals surface area contributed by atoms with E-state index in [4.69, 9.17) is 21.7 Å². The van der Waals surface area contributed by atoms with Crippen molar-refractivity contribution in [2.24, 2.45) is 16.5 Å². The van der Waals surface area contributed by atoms with Crippen molar-refractivity contribution in [2.75, 3.05) is 6.61 Å². The minimum Gasteiger partial charge on any atom is -0.480 e. The van der Waals surface area contributed by atoms with Gasteiger partial charge in [-0.25, -0.2) is 9.79 Å². The minimum absolute atomic E-state index is 0.346. The van der Waals surface area contributed by atoms with E-state index < -0.39 is 18.6 Å². The van der Waals surface area contributed by atoms with Crippen LogP contribution in [0.25, 0.3) is 0 Å². The Labute approximate surface area is 57.2 Å². The predicted octanol–water partition coefficient (Wildman–Crippen LogP) is -2.29. The van der Waals surface area contributed by atoms with Gasteiger partial charge < -0.3 is 21.7 Å². The van der Waals surface area contributed by atoms with Gasteiger partial charge in [-0.05, 0) is 0 Å². The van der Waals surface area contributed by atoms with E-state index >= 15 is 0 Å². The number of rotatable bonds is 3. The Bertz CT molecular complexity index is 152. The molecule has 0 bridgehead atoms. The molecule has 0 saturated heterocycles. The first-order chi connectivity index (χ1) is 4.57. The van der Waals surface area contributed by atoms with E-state index in [0.29, 0.717) is 0 Å². The number of aliphatic carboxylic acids is 1. The van der Waals surface area contributed by atoms with E-state index in [1.807, 2.05) is 0 Å². The Morgan fingerprint density at radius 1 is 1.60 bits per heavy atom. The number of aliphatic imine (C=N–C) groups is 1. The predicted molar refractivity (Wildman–Crippen MR) is 34.3 cm³/mol. The molecule has 58 valence electrons. The van der Waals surface area contributed by atoms with Crippen molar-refractivity contribution in [3.63, 3.8) is 0 Å². The molecule has 0 saturated carbocycles. The zero-order valence-corrected chi connectivity index (χ0v) is 5.19. The second-order valence-corrected chi connectivity index (χ2v) is 1.59. The molecule has 0 rings (SSSR count). The second-order valence-electron chi connectivity index (χ2n) is 1.59. The number of aliphatic hydroxyl groups excluding tert-OH is 1. The molecule has 0 aliphatic carbocycles. The average Bonchev–Trinajstić information content (AvgIpc) is 1.81. The lowest BCUT2D eigenvalue weighted by Gasteiger charge is -2.01. The Morgan fingerprint density at radius 3 is 2.20 bits per heavy atom. The SMILES string of the molecule is NC(N)=NC(CO)C(=O)O. The Morgan fingerprint density at radius 2 is 2.10 bits per heavy atom. The summed E-state index contributed by atoms with van der Waals surface area (Å²) < 4.78 is 0. The maximum atomic E-state index is 10.1. The molecule has 0 aliphatic rings. The lowest BCUT2D eigenvalue weighted by atomic mass is 10.3. The van der Waals surface area contributed by atoms with Crippen LogP contribution in [0.5, 0.6) is 0 Å². The lowest BCUT2D eigenvalue weighted by molar-refractivity contribution is -0.139. The molecule has 10 heavy (non-hydrogen) atoms. The number of aliphatic hydroxyl groups is 1. The molecule has 0 heterocycles. The molecule has 0 spiro atoms. The van der Waals surface area contributed by atoms with Gasteiger partial charge in [0.2, 0.25) is 0 Å². The Kier molecular flexibility index (Phi) is 3.20. The van der Waals surface area contributed by atoms with Crippen LogP contribution >= 0.6 is 0 Å². The molecule has 1 atom stereocenters. The van der Waals surface area contributed by atoms with Crippen molar-refractivity contribution in [3.8, 4) is 0 Å². The van der Waals surface area contributed by atoms with Crippen LogP contribution in [-0.2, 0) is 4.79 Å². The second kappa shape index (κ2) is 3.67. The van der Waals surface area contributed by atoms with Gasteiger partial charge >= 0.3 is 5.97 Å². The van der Waals surface area contributed by atoms with Gasteiger partial charge in [0.25, 0.3) is 0 Å². The van der Waals surface area contributed by atoms with Crippen molar-refractivity contribution in [1.29, 1.82) is 0 Å². The van der Waals surface area contributed by atoms with Crippen LogP contribution in [0.15, 0.2) is 4.99 Å². The minimum atomic E-state index is -1.25. The lowest BCUT2D eigenvalue weighted by Crippen LogP contribution is -2.30. The number of hydrogen-bond donors (Lipinski definition) is 4. The quantitative estimate of drug-likeness (QED) is 0.264. The Balaban J connectivity index is 4.09. The molecule has 0 amide bonds. The van der Waals surface area contributed by atoms with Gasteiger partial charge in [0.05, 0.1) is 6.61 Å². The number of carbonyl (C=O) groups is 1. The normalized spacial score (nSPS) is 12.1.